The van der Waals surface area contributed by atoms with E-state index >= 15 is 0 Å². The molecule has 158 valence electrons. The lowest BCUT2D eigenvalue weighted by Crippen LogP contribution is -2.28. The van der Waals surface area contributed by atoms with Crippen LogP contribution in [0.15, 0.2) is 30.5 Å². The highest BCUT2D eigenvalue weighted by molar-refractivity contribution is 5.96. The fourth-order valence-electron chi connectivity index (χ4n) is 2.54. The third-order valence-corrected chi connectivity index (χ3v) is 3.92. The van der Waals surface area contributed by atoms with Gasteiger partial charge in [0.25, 0.3) is 5.91 Å². The quantitative estimate of drug-likeness (QED) is 0.712. The fourth-order valence-corrected chi connectivity index (χ4v) is 2.54. The molecule has 1 aromatic carbocycles. The van der Waals surface area contributed by atoms with Crippen molar-refractivity contribution in [3.05, 3.63) is 41.6 Å². The molecule has 0 saturated heterocycles. The molecule has 29 heavy (non-hydrogen) atoms. The second-order valence-corrected chi connectivity index (χ2v) is 5.91. The molecule has 1 aromatic heterocycles. The zero-order chi connectivity index (χ0) is 21.6. The first-order valence-corrected chi connectivity index (χ1v) is 8.45. The van der Waals surface area contributed by atoms with Gasteiger partial charge in [0.1, 0.15) is 5.56 Å². The van der Waals surface area contributed by atoms with Crippen LogP contribution in [-0.4, -0.2) is 45.0 Å². The third-order valence-electron chi connectivity index (χ3n) is 3.92. The monoisotopic (exact) mass is 414 g/mol. The molecule has 1 N–H and O–H groups in total. The molecule has 0 spiro atoms. The Hall–Kier alpha value is -3.17. The lowest BCUT2D eigenvalue weighted by atomic mass is 10.1. The van der Waals surface area contributed by atoms with E-state index in [9.17, 15) is 18.0 Å². The van der Waals surface area contributed by atoms with Crippen molar-refractivity contribution in [3.63, 3.8) is 0 Å². The minimum absolute atomic E-state index is 0.115. The summed E-state index contributed by atoms with van der Waals surface area (Å²) < 4.78 is 57.8. The van der Waals surface area contributed by atoms with Gasteiger partial charge >= 0.3 is 6.18 Å². The molecule has 0 fully saturated rings. The van der Waals surface area contributed by atoms with Gasteiger partial charge in [0.2, 0.25) is 11.6 Å². The lowest BCUT2D eigenvalue weighted by molar-refractivity contribution is -0.154. The van der Waals surface area contributed by atoms with Crippen molar-refractivity contribution < 1.29 is 36.9 Å². The smallest absolute Gasteiger partial charge is 0.422 e. The van der Waals surface area contributed by atoms with Crippen LogP contribution in [-0.2, 0) is 0 Å². The van der Waals surface area contributed by atoms with E-state index in [2.05, 4.69) is 15.0 Å². The maximum absolute atomic E-state index is 12.6. The Balaban J connectivity index is 2.24. The van der Waals surface area contributed by atoms with Crippen LogP contribution >= 0.6 is 0 Å². The first-order valence-electron chi connectivity index (χ1n) is 8.45. The Morgan fingerprint density at radius 2 is 1.76 bits per heavy atom. The van der Waals surface area contributed by atoms with Gasteiger partial charge in [-0.1, -0.05) is 0 Å². The molecule has 0 aliphatic carbocycles. The SMILES string of the molecule is COc1cc([C@H](C)NC(=O)c2cccnc2OCC(F)(F)F)cc(OC)c1OC. The minimum Gasteiger partial charge on any atom is -0.493 e. The van der Waals surface area contributed by atoms with E-state index < -0.39 is 30.6 Å². The molecule has 1 amide bonds. The number of benzene rings is 1. The molecule has 7 nitrogen and oxygen atoms in total. The zero-order valence-electron chi connectivity index (χ0n) is 16.3. The van der Waals surface area contributed by atoms with Gasteiger partial charge in [-0.15, -0.1) is 0 Å². The van der Waals surface area contributed by atoms with Crippen LogP contribution in [0.3, 0.4) is 0 Å². The predicted molar refractivity (Wildman–Crippen MR) is 97.8 cm³/mol. The summed E-state index contributed by atoms with van der Waals surface area (Å²) in [6, 6.07) is 5.55. The van der Waals surface area contributed by atoms with Crippen molar-refractivity contribution in [2.45, 2.75) is 19.1 Å². The van der Waals surface area contributed by atoms with Gasteiger partial charge in [-0.2, -0.15) is 13.2 Å². The molecule has 1 heterocycles. The van der Waals surface area contributed by atoms with Crippen LogP contribution in [0.4, 0.5) is 13.2 Å². The van der Waals surface area contributed by atoms with Gasteiger partial charge in [0.15, 0.2) is 18.1 Å². The third kappa shape index (κ3) is 5.66. The highest BCUT2D eigenvalue weighted by Crippen LogP contribution is 2.39. The van der Waals surface area contributed by atoms with Crippen LogP contribution in [0.5, 0.6) is 23.1 Å². The maximum Gasteiger partial charge on any atom is 0.422 e. The summed E-state index contributed by atoms with van der Waals surface area (Å²) in [4.78, 5) is 16.3. The Morgan fingerprint density at radius 3 is 2.28 bits per heavy atom. The summed E-state index contributed by atoms with van der Waals surface area (Å²) in [6.45, 7) is 0.151. The number of alkyl halides is 3. The highest BCUT2D eigenvalue weighted by atomic mass is 19.4. The summed E-state index contributed by atoms with van der Waals surface area (Å²) in [6.07, 6.45) is -3.31. The molecule has 0 radical (unpaired) electrons. The molecular weight excluding hydrogens is 393 g/mol. The Morgan fingerprint density at radius 1 is 1.14 bits per heavy atom. The normalized spacial score (nSPS) is 12.1. The first-order chi connectivity index (χ1) is 13.7. The van der Waals surface area contributed by atoms with Crippen LogP contribution in [0.1, 0.15) is 28.9 Å². The first kappa shape index (κ1) is 22.1. The van der Waals surface area contributed by atoms with Crippen molar-refractivity contribution in [3.8, 4) is 23.1 Å². The maximum atomic E-state index is 12.6. The van der Waals surface area contributed by atoms with Gasteiger partial charge in [0.05, 0.1) is 27.4 Å². The topological polar surface area (TPSA) is 78.9 Å². The average Bonchev–Trinajstić information content (AvgIpc) is 2.70. The van der Waals surface area contributed by atoms with Crippen molar-refractivity contribution in [1.29, 1.82) is 0 Å². The summed E-state index contributed by atoms with van der Waals surface area (Å²) in [7, 11) is 4.39. The van der Waals surface area contributed by atoms with E-state index in [0.29, 0.717) is 22.8 Å². The number of carbonyl (C=O) groups is 1. The minimum atomic E-state index is -4.55. The Kier molecular flexibility index (Phi) is 7.13. The van der Waals surface area contributed by atoms with E-state index in [0.717, 1.165) is 0 Å². The predicted octanol–water partition coefficient (Wildman–Crippen LogP) is 3.54. The summed E-state index contributed by atoms with van der Waals surface area (Å²) in [5, 5.41) is 2.70. The number of amides is 1. The second kappa shape index (κ2) is 9.35. The number of hydrogen-bond donors (Lipinski definition) is 1. The number of methoxy groups -OCH3 is 3. The number of nitrogens with one attached hydrogen (secondary N) is 1. The van der Waals surface area contributed by atoms with E-state index in [1.165, 1.54) is 39.7 Å². The van der Waals surface area contributed by atoms with Crippen LogP contribution in [0.2, 0.25) is 0 Å². The second-order valence-electron chi connectivity index (χ2n) is 5.91. The van der Waals surface area contributed by atoms with Crippen molar-refractivity contribution >= 4 is 5.91 Å². The molecular formula is C19H21F3N2O5. The lowest BCUT2D eigenvalue weighted by Gasteiger charge is -2.19. The standard InChI is InChI=1S/C19H21F3N2O5/c1-11(12-8-14(26-2)16(28-4)15(9-12)27-3)24-17(25)13-6-5-7-23-18(13)29-10-19(20,21)22/h5-9,11H,10H2,1-4H3,(H,24,25)/t11-/m0/s1. The number of aromatic nitrogens is 1. The molecule has 0 aliphatic heterocycles. The van der Waals surface area contributed by atoms with E-state index in [1.807, 2.05) is 0 Å². The summed E-state index contributed by atoms with van der Waals surface area (Å²) in [5.41, 5.74) is 0.519. The van der Waals surface area contributed by atoms with E-state index in [4.69, 9.17) is 14.2 Å². The molecule has 2 aromatic rings. The number of carbonyl (C=O) groups excluding carboxylic acids is 1. The molecule has 10 heteroatoms. The number of pyridine rings is 1. The highest BCUT2D eigenvalue weighted by Gasteiger charge is 2.30. The Bertz CT molecular complexity index is 833. The van der Waals surface area contributed by atoms with Gasteiger partial charge in [-0.25, -0.2) is 4.98 Å². The Labute approximate surface area is 165 Å². The van der Waals surface area contributed by atoms with E-state index in [-0.39, 0.29) is 5.56 Å². The average molecular weight is 414 g/mol. The molecule has 0 unspecified atom stereocenters. The van der Waals surface area contributed by atoms with Gasteiger partial charge in [-0.05, 0) is 36.8 Å². The van der Waals surface area contributed by atoms with Crippen LogP contribution in [0, 0.1) is 0 Å². The van der Waals surface area contributed by atoms with Crippen LogP contribution in [0.25, 0.3) is 0 Å². The number of ether oxygens (including phenoxy) is 4. The number of halogens is 3. The number of rotatable bonds is 8. The van der Waals surface area contributed by atoms with Gasteiger partial charge in [0, 0.05) is 6.20 Å². The molecule has 1 atom stereocenters. The van der Waals surface area contributed by atoms with E-state index in [1.54, 1.807) is 19.1 Å². The largest absolute Gasteiger partial charge is 0.493 e. The van der Waals surface area contributed by atoms with Crippen molar-refractivity contribution in [2.75, 3.05) is 27.9 Å². The fraction of sp³-hybridized carbons (Fsp3) is 0.368. The zero-order valence-corrected chi connectivity index (χ0v) is 16.3. The number of nitrogens with zero attached hydrogens (tertiary/aromatic N) is 1. The molecule has 0 saturated carbocycles. The summed E-state index contributed by atoms with van der Waals surface area (Å²) in [5.74, 6) is 0.153. The molecule has 0 bridgehead atoms. The molecule has 2 rings (SSSR count). The van der Waals surface area contributed by atoms with Crippen molar-refractivity contribution in [1.82, 2.24) is 10.3 Å². The number of hydrogen-bond acceptors (Lipinski definition) is 6. The summed E-state index contributed by atoms with van der Waals surface area (Å²) >= 11 is 0. The van der Waals surface area contributed by atoms with Gasteiger partial charge < -0.3 is 24.3 Å². The molecule has 0 aliphatic rings. The van der Waals surface area contributed by atoms with Crippen molar-refractivity contribution in [2.24, 2.45) is 0 Å². The van der Waals surface area contributed by atoms with Crippen LogP contribution < -0.4 is 24.3 Å². The van der Waals surface area contributed by atoms with Gasteiger partial charge in [-0.3, -0.25) is 4.79 Å².